The first-order valence-electron chi connectivity index (χ1n) is 13.4. The van der Waals surface area contributed by atoms with E-state index in [1.807, 2.05) is 0 Å². The summed E-state index contributed by atoms with van der Waals surface area (Å²) in [5.74, 6) is -2.11. The molecule has 1 unspecified atom stereocenters. The van der Waals surface area contributed by atoms with Gasteiger partial charge in [0.2, 0.25) is 0 Å². The van der Waals surface area contributed by atoms with Crippen LogP contribution in [0.4, 0.5) is 18.0 Å². The van der Waals surface area contributed by atoms with E-state index in [9.17, 15) is 18.7 Å². The summed E-state index contributed by atoms with van der Waals surface area (Å²) < 4.78 is 62.0. The van der Waals surface area contributed by atoms with E-state index in [0.717, 1.165) is 41.1 Å². The van der Waals surface area contributed by atoms with Crippen molar-refractivity contribution in [3.05, 3.63) is 94.4 Å². The molecule has 0 bridgehead atoms. The number of hydrogen-bond donors (Lipinski definition) is 1. The van der Waals surface area contributed by atoms with Crippen molar-refractivity contribution < 1.29 is 37.1 Å². The molecule has 2 aromatic carbocycles. The zero-order chi connectivity index (χ0) is 31.3. The number of benzene rings is 2. The van der Waals surface area contributed by atoms with E-state index in [1.165, 1.54) is 6.07 Å². The molecule has 1 N–H and O–H groups in total. The second-order valence-corrected chi connectivity index (χ2v) is 10.9. The molecule has 5 aromatic rings. The summed E-state index contributed by atoms with van der Waals surface area (Å²) in [5.41, 5.74) is -2.81. The summed E-state index contributed by atoms with van der Waals surface area (Å²) in [5, 5.41) is 16.6. The molecule has 3 heterocycles. The van der Waals surface area contributed by atoms with Crippen LogP contribution in [0.5, 0.6) is 6.01 Å². The molecule has 12 heteroatoms. The molecule has 0 aliphatic carbocycles. The lowest BCUT2D eigenvalue weighted by Gasteiger charge is -2.30. The lowest BCUT2D eigenvalue weighted by Crippen LogP contribution is -2.32. The zero-order valence-corrected chi connectivity index (χ0v) is 24.3. The van der Waals surface area contributed by atoms with Gasteiger partial charge in [-0.25, -0.2) is 18.0 Å². The Balaban J connectivity index is 1.97. The van der Waals surface area contributed by atoms with Crippen molar-refractivity contribution in [2.24, 2.45) is 0 Å². The molecular formula is C31H29F3N4O5. The molecule has 9 nitrogen and oxygen atoms in total. The first-order valence-corrected chi connectivity index (χ1v) is 13.4. The van der Waals surface area contributed by atoms with E-state index < -0.39 is 40.3 Å². The number of pyridine rings is 1. The van der Waals surface area contributed by atoms with Crippen LogP contribution in [0, 0.1) is 31.3 Å². The molecule has 1 atom stereocenters. The highest BCUT2D eigenvalue weighted by Gasteiger charge is 2.42. The number of aliphatic hydroxyl groups is 1. The number of fused-ring (bicyclic) bond motifs is 1. The second kappa shape index (κ2) is 10.8. The Morgan fingerprint density at radius 2 is 1.74 bits per heavy atom. The Labute approximate surface area is 244 Å². The molecule has 0 radical (unpaired) electrons. The molecule has 0 amide bonds. The van der Waals surface area contributed by atoms with Gasteiger partial charge in [0.05, 0.1) is 35.2 Å². The first kappa shape index (κ1) is 29.8. The van der Waals surface area contributed by atoms with Crippen molar-refractivity contribution in [3.8, 4) is 17.1 Å². The Kier molecular flexibility index (Phi) is 7.51. The summed E-state index contributed by atoms with van der Waals surface area (Å²) in [7, 11) is 0. The van der Waals surface area contributed by atoms with Crippen LogP contribution >= 0.6 is 0 Å². The molecule has 0 aliphatic heterocycles. The maximum atomic E-state index is 15.6. The molecule has 0 saturated heterocycles. The predicted octanol–water partition coefficient (Wildman–Crippen LogP) is 6.59. The van der Waals surface area contributed by atoms with Crippen LogP contribution in [0.2, 0.25) is 0 Å². The molecule has 0 saturated carbocycles. The third-order valence-corrected chi connectivity index (χ3v) is 6.71. The van der Waals surface area contributed by atoms with Gasteiger partial charge in [-0.3, -0.25) is 4.98 Å². The lowest BCUT2D eigenvalue weighted by atomic mass is 9.80. The van der Waals surface area contributed by atoms with Gasteiger partial charge in [-0.05, 0) is 89.6 Å². The minimum atomic E-state index is -2.55. The third-order valence-electron chi connectivity index (χ3n) is 6.71. The first-order chi connectivity index (χ1) is 20.2. The smallest absolute Gasteiger partial charge is 0.423 e. The fraction of sp³-hybridized carbons (Fsp3) is 0.290. The van der Waals surface area contributed by atoms with Gasteiger partial charge < -0.3 is 19.1 Å². The quantitative estimate of drug-likeness (QED) is 0.234. The molecule has 0 fully saturated rings. The Hall–Kier alpha value is -4.71. The van der Waals surface area contributed by atoms with Crippen molar-refractivity contribution in [2.75, 3.05) is 6.61 Å². The topological polar surface area (TPSA) is 112 Å². The standard InChI is InChI=1S/C31H29F3N4O5/c1-7-41-28-36-27-22(31(40,25-11-9-20(33)15-35-25)21-14-19(32)8-10-23(21)34)12-18(26-16(2)37-43-17(26)3)13-24(27)38(28)29(39)42-30(4,5)6/h8-15,40H,7H2,1-6H3. The maximum absolute atomic E-state index is 15.6. The fourth-order valence-corrected chi connectivity index (χ4v) is 4.97. The van der Waals surface area contributed by atoms with E-state index >= 15 is 4.39 Å². The fourth-order valence-electron chi connectivity index (χ4n) is 4.97. The summed E-state index contributed by atoms with van der Waals surface area (Å²) in [4.78, 5) is 22.1. The van der Waals surface area contributed by atoms with Crippen LogP contribution in [-0.4, -0.2) is 43.1 Å². The maximum Gasteiger partial charge on any atom is 0.423 e. The summed E-state index contributed by atoms with van der Waals surface area (Å²) in [6.07, 6.45) is 0.0123. The molecule has 5 rings (SSSR count). The Morgan fingerprint density at radius 3 is 2.35 bits per heavy atom. The summed E-state index contributed by atoms with van der Waals surface area (Å²) >= 11 is 0. The van der Waals surface area contributed by atoms with E-state index in [1.54, 1.807) is 47.6 Å². The molecule has 43 heavy (non-hydrogen) atoms. The molecule has 224 valence electrons. The van der Waals surface area contributed by atoms with Gasteiger partial charge in [-0.2, -0.15) is 9.55 Å². The number of aromatic nitrogens is 4. The normalized spacial score (nSPS) is 13.3. The van der Waals surface area contributed by atoms with Crippen molar-refractivity contribution in [1.82, 2.24) is 19.7 Å². The SMILES string of the molecule is CCOc1nc2c(C(O)(c3ccc(F)cn3)c3cc(F)ccc3F)cc(-c3c(C)noc3C)cc2n1C(=O)OC(C)(C)C. The number of halogens is 3. The van der Waals surface area contributed by atoms with Gasteiger partial charge in [0, 0.05) is 16.7 Å². The van der Waals surface area contributed by atoms with E-state index in [0.29, 0.717) is 22.6 Å². The average molecular weight is 595 g/mol. The minimum absolute atomic E-state index is 0.0119. The molecule has 3 aromatic heterocycles. The van der Waals surface area contributed by atoms with Crippen LogP contribution in [0.3, 0.4) is 0 Å². The Bertz CT molecular complexity index is 1820. The molecular weight excluding hydrogens is 565 g/mol. The second-order valence-electron chi connectivity index (χ2n) is 10.9. The number of carbonyl (C=O) groups is 1. The van der Waals surface area contributed by atoms with Crippen LogP contribution in [0.25, 0.3) is 22.2 Å². The average Bonchev–Trinajstić information content (AvgIpc) is 3.47. The van der Waals surface area contributed by atoms with Gasteiger partial charge >= 0.3 is 12.1 Å². The van der Waals surface area contributed by atoms with Crippen molar-refractivity contribution in [1.29, 1.82) is 0 Å². The van der Waals surface area contributed by atoms with Gasteiger partial charge in [0.1, 0.15) is 28.8 Å². The number of rotatable bonds is 6. The number of nitrogens with zero attached hydrogens (tertiary/aromatic N) is 4. The molecule has 0 spiro atoms. The Morgan fingerprint density at radius 1 is 1.02 bits per heavy atom. The predicted molar refractivity (Wildman–Crippen MR) is 150 cm³/mol. The number of imidazole rings is 1. The summed E-state index contributed by atoms with van der Waals surface area (Å²) in [6, 6.07) is 7.70. The lowest BCUT2D eigenvalue weighted by molar-refractivity contribution is 0.0527. The van der Waals surface area contributed by atoms with Crippen LogP contribution in [0.15, 0.2) is 53.2 Å². The minimum Gasteiger partial charge on any atom is -0.465 e. The van der Waals surface area contributed by atoms with Crippen molar-refractivity contribution in [2.45, 2.75) is 52.7 Å². The van der Waals surface area contributed by atoms with Gasteiger partial charge in [0.15, 0.2) is 5.60 Å². The monoisotopic (exact) mass is 594 g/mol. The van der Waals surface area contributed by atoms with E-state index in [4.69, 9.17) is 14.0 Å². The number of ether oxygens (including phenoxy) is 2. The highest BCUT2D eigenvalue weighted by Crippen LogP contribution is 2.44. The highest BCUT2D eigenvalue weighted by molar-refractivity contribution is 5.94. The van der Waals surface area contributed by atoms with Crippen LogP contribution in [-0.2, 0) is 10.3 Å². The zero-order valence-electron chi connectivity index (χ0n) is 24.3. The van der Waals surface area contributed by atoms with Gasteiger partial charge in [-0.1, -0.05) is 5.16 Å². The van der Waals surface area contributed by atoms with Gasteiger partial charge in [-0.15, -0.1) is 0 Å². The number of aryl methyl sites for hydroxylation is 2. The number of carbonyl (C=O) groups excluding carboxylic acids is 1. The van der Waals surface area contributed by atoms with Crippen LogP contribution in [0.1, 0.15) is 56.0 Å². The van der Waals surface area contributed by atoms with Crippen molar-refractivity contribution >= 4 is 17.1 Å². The van der Waals surface area contributed by atoms with Crippen LogP contribution < -0.4 is 4.74 Å². The summed E-state index contributed by atoms with van der Waals surface area (Å²) in [6.45, 7) is 10.3. The highest BCUT2D eigenvalue weighted by atomic mass is 19.1. The van der Waals surface area contributed by atoms with Gasteiger partial charge in [0.25, 0.3) is 0 Å². The van der Waals surface area contributed by atoms with E-state index in [2.05, 4.69) is 15.1 Å². The number of hydrogen-bond acceptors (Lipinski definition) is 8. The van der Waals surface area contributed by atoms with Crippen molar-refractivity contribution in [3.63, 3.8) is 0 Å². The third kappa shape index (κ3) is 5.34. The molecule has 0 aliphatic rings. The van der Waals surface area contributed by atoms with E-state index in [-0.39, 0.29) is 34.9 Å². The largest absolute Gasteiger partial charge is 0.465 e.